The normalized spacial score (nSPS) is 10.1. The van der Waals surface area contributed by atoms with Gasteiger partial charge in [-0.05, 0) is 36.4 Å². The SMILES string of the molecule is N#Cc1cccc(NC(=O)c2cncc(C(=O)Nc3ccc(F)c(F)c3F)c2)c1. The Labute approximate surface area is 162 Å². The van der Waals surface area contributed by atoms with Crippen LogP contribution in [0, 0.1) is 28.8 Å². The lowest BCUT2D eigenvalue weighted by molar-refractivity contribution is 0.102. The molecule has 0 saturated carbocycles. The summed E-state index contributed by atoms with van der Waals surface area (Å²) in [7, 11) is 0. The number of hydrogen-bond donors (Lipinski definition) is 2. The predicted octanol–water partition coefficient (Wildman–Crippen LogP) is 3.88. The lowest BCUT2D eigenvalue weighted by Gasteiger charge is -2.09. The number of carbonyl (C=O) groups is 2. The van der Waals surface area contributed by atoms with Crippen LogP contribution in [0.25, 0.3) is 0 Å². The Morgan fingerprint density at radius 1 is 0.897 bits per heavy atom. The topological polar surface area (TPSA) is 94.9 Å². The first-order valence-corrected chi connectivity index (χ1v) is 8.10. The van der Waals surface area contributed by atoms with E-state index in [0.717, 1.165) is 12.3 Å². The lowest BCUT2D eigenvalue weighted by atomic mass is 10.1. The number of anilines is 2. The molecule has 0 spiro atoms. The van der Waals surface area contributed by atoms with Crippen molar-refractivity contribution in [1.29, 1.82) is 5.26 Å². The molecule has 0 aliphatic rings. The molecular formula is C20H11F3N4O2. The van der Waals surface area contributed by atoms with Gasteiger partial charge < -0.3 is 10.6 Å². The number of rotatable bonds is 4. The molecule has 0 unspecified atom stereocenters. The highest BCUT2D eigenvalue weighted by Crippen LogP contribution is 2.20. The summed E-state index contributed by atoms with van der Waals surface area (Å²) in [5.41, 5.74) is 0.0748. The van der Waals surface area contributed by atoms with Gasteiger partial charge in [0.25, 0.3) is 11.8 Å². The van der Waals surface area contributed by atoms with Gasteiger partial charge in [-0.3, -0.25) is 14.6 Å². The third kappa shape index (κ3) is 4.39. The molecule has 9 heteroatoms. The van der Waals surface area contributed by atoms with Gasteiger partial charge in [0.15, 0.2) is 17.5 Å². The molecule has 0 aliphatic carbocycles. The van der Waals surface area contributed by atoms with E-state index in [1.165, 1.54) is 18.3 Å². The third-order valence-electron chi connectivity index (χ3n) is 3.80. The van der Waals surface area contributed by atoms with Crippen molar-refractivity contribution >= 4 is 23.2 Å². The molecule has 0 bridgehead atoms. The van der Waals surface area contributed by atoms with Gasteiger partial charge in [-0.2, -0.15) is 5.26 Å². The van der Waals surface area contributed by atoms with E-state index < -0.39 is 35.0 Å². The van der Waals surface area contributed by atoms with E-state index in [4.69, 9.17) is 5.26 Å². The number of nitriles is 1. The van der Waals surface area contributed by atoms with E-state index in [1.807, 2.05) is 6.07 Å². The summed E-state index contributed by atoms with van der Waals surface area (Å²) in [6.45, 7) is 0. The van der Waals surface area contributed by atoms with E-state index >= 15 is 0 Å². The molecule has 144 valence electrons. The zero-order chi connectivity index (χ0) is 21.0. The minimum absolute atomic E-state index is 0.0192. The molecule has 0 atom stereocenters. The van der Waals surface area contributed by atoms with Crippen molar-refractivity contribution in [2.24, 2.45) is 0 Å². The van der Waals surface area contributed by atoms with Crippen LogP contribution in [-0.4, -0.2) is 16.8 Å². The van der Waals surface area contributed by atoms with Crippen molar-refractivity contribution < 1.29 is 22.8 Å². The maximum Gasteiger partial charge on any atom is 0.257 e. The van der Waals surface area contributed by atoms with Gasteiger partial charge >= 0.3 is 0 Å². The Morgan fingerprint density at radius 2 is 1.59 bits per heavy atom. The molecule has 3 rings (SSSR count). The number of carbonyl (C=O) groups excluding carboxylic acids is 2. The van der Waals surface area contributed by atoms with E-state index in [2.05, 4.69) is 15.6 Å². The first-order valence-electron chi connectivity index (χ1n) is 8.10. The van der Waals surface area contributed by atoms with Gasteiger partial charge in [0.2, 0.25) is 0 Å². The zero-order valence-electron chi connectivity index (χ0n) is 14.5. The van der Waals surface area contributed by atoms with Crippen LogP contribution in [0.15, 0.2) is 54.9 Å². The Hall–Kier alpha value is -4.19. The monoisotopic (exact) mass is 396 g/mol. The van der Waals surface area contributed by atoms with Crippen LogP contribution >= 0.6 is 0 Å². The van der Waals surface area contributed by atoms with Crippen LogP contribution in [-0.2, 0) is 0 Å². The number of aromatic nitrogens is 1. The molecule has 6 nitrogen and oxygen atoms in total. The van der Waals surface area contributed by atoms with Crippen LogP contribution in [0.1, 0.15) is 26.3 Å². The van der Waals surface area contributed by atoms with Crippen LogP contribution in [0.2, 0.25) is 0 Å². The van der Waals surface area contributed by atoms with Crippen LogP contribution < -0.4 is 10.6 Å². The molecule has 2 amide bonds. The lowest BCUT2D eigenvalue weighted by Crippen LogP contribution is -2.17. The highest BCUT2D eigenvalue weighted by atomic mass is 19.2. The number of benzene rings is 2. The molecule has 1 heterocycles. The highest BCUT2D eigenvalue weighted by molar-refractivity contribution is 6.08. The maximum absolute atomic E-state index is 13.7. The predicted molar refractivity (Wildman–Crippen MR) is 97.6 cm³/mol. The zero-order valence-corrected chi connectivity index (χ0v) is 14.5. The second kappa shape index (κ2) is 8.22. The van der Waals surface area contributed by atoms with E-state index in [9.17, 15) is 22.8 Å². The average molecular weight is 396 g/mol. The Kier molecular flexibility index (Phi) is 5.55. The van der Waals surface area contributed by atoms with Crippen molar-refractivity contribution in [2.75, 3.05) is 10.6 Å². The Balaban J connectivity index is 1.78. The first-order chi connectivity index (χ1) is 13.9. The van der Waals surface area contributed by atoms with Crippen molar-refractivity contribution in [3.05, 3.63) is 89.0 Å². The number of halogens is 3. The molecule has 3 aromatic rings. The molecule has 2 N–H and O–H groups in total. The fraction of sp³-hybridized carbons (Fsp3) is 0. The van der Waals surface area contributed by atoms with Crippen molar-refractivity contribution in [3.8, 4) is 6.07 Å². The summed E-state index contributed by atoms with van der Waals surface area (Å²) >= 11 is 0. The molecule has 2 aromatic carbocycles. The van der Waals surface area contributed by atoms with Crippen LogP contribution in [0.3, 0.4) is 0 Å². The van der Waals surface area contributed by atoms with Gasteiger partial charge in [-0.15, -0.1) is 0 Å². The molecule has 0 radical (unpaired) electrons. The highest BCUT2D eigenvalue weighted by Gasteiger charge is 2.17. The number of pyridine rings is 1. The van der Waals surface area contributed by atoms with E-state index in [1.54, 1.807) is 18.2 Å². The molecule has 0 saturated heterocycles. The maximum atomic E-state index is 13.7. The first kappa shape index (κ1) is 19.6. The second-order valence-electron chi connectivity index (χ2n) is 5.79. The third-order valence-corrected chi connectivity index (χ3v) is 3.80. The fourth-order valence-corrected chi connectivity index (χ4v) is 2.37. The van der Waals surface area contributed by atoms with Gasteiger partial charge in [-0.1, -0.05) is 6.07 Å². The summed E-state index contributed by atoms with van der Waals surface area (Å²) < 4.78 is 40.0. The molecule has 0 aliphatic heterocycles. The summed E-state index contributed by atoms with van der Waals surface area (Å²) in [5.74, 6) is -6.11. The van der Waals surface area contributed by atoms with E-state index in [-0.39, 0.29) is 11.1 Å². The Bertz CT molecular complexity index is 1160. The molecule has 1 aromatic heterocycles. The number of nitrogens with zero attached hydrogens (tertiary/aromatic N) is 2. The van der Waals surface area contributed by atoms with E-state index in [0.29, 0.717) is 17.3 Å². The van der Waals surface area contributed by atoms with Gasteiger partial charge in [0.05, 0.1) is 28.4 Å². The largest absolute Gasteiger partial charge is 0.322 e. The fourth-order valence-electron chi connectivity index (χ4n) is 2.37. The molecular weight excluding hydrogens is 385 g/mol. The van der Waals surface area contributed by atoms with Crippen LogP contribution in [0.5, 0.6) is 0 Å². The van der Waals surface area contributed by atoms with Gasteiger partial charge in [-0.25, -0.2) is 13.2 Å². The molecule has 0 fully saturated rings. The smallest absolute Gasteiger partial charge is 0.257 e. The average Bonchev–Trinajstić information content (AvgIpc) is 2.74. The number of amides is 2. The number of nitrogens with one attached hydrogen (secondary N) is 2. The summed E-state index contributed by atoms with van der Waals surface area (Å²) in [4.78, 5) is 28.4. The van der Waals surface area contributed by atoms with Gasteiger partial charge in [0.1, 0.15) is 0 Å². The van der Waals surface area contributed by atoms with Crippen LogP contribution in [0.4, 0.5) is 24.5 Å². The summed E-state index contributed by atoms with van der Waals surface area (Å²) in [6, 6.07) is 10.9. The summed E-state index contributed by atoms with van der Waals surface area (Å²) in [6.07, 6.45) is 2.33. The second-order valence-corrected chi connectivity index (χ2v) is 5.79. The minimum Gasteiger partial charge on any atom is -0.322 e. The minimum atomic E-state index is -1.71. The number of hydrogen-bond acceptors (Lipinski definition) is 4. The standard InChI is InChI=1S/C20H11F3N4O2/c21-15-4-5-16(18(23)17(15)22)27-20(29)13-7-12(9-25-10-13)19(28)26-14-3-1-2-11(6-14)8-24/h1-7,9-10H,(H,26,28)(H,27,29). The summed E-state index contributed by atoms with van der Waals surface area (Å²) in [5, 5.41) is 13.6. The molecule has 29 heavy (non-hydrogen) atoms. The van der Waals surface area contributed by atoms with Crippen molar-refractivity contribution in [1.82, 2.24) is 4.98 Å². The van der Waals surface area contributed by atoms with Crippen molar-refractivity contribution in [2.45, 2.75) is 0 Å². The Morgan fingerprint density at radius 3 is 2.28 bits per heavy atom. The quantitative estimate of drug-likeness (QED) is 0.655. The van der Waals surface area contributed by atoms with Gasteiger partial charge in [0, 0.05) is 18.1 Å². The van der Waals surface area contributed by atoms with Crippen molar-refractivity contribution in [3.63, 3.8) is 0 Å².